The molecule has 0 amide bonds. The van der Waals surface area contributed by atoms with Gasteiger partial charge in [0.15, 0.2) is 0 Å². The van der Waals surface area contributed by atoms with Gasteiger partial charge in [0.05, 0.1) is 13.1 Å². The number of hydrogen-bond donors (Lipinski definition) is 3. The van der Waals surface area contributed by atoms with Crippen LogP contribution in [0, 0.1) is 0 Å². The second kappa shape index (κ2) is 6.81. The lowest BCUT2D eigenvalue weighted by atomic mass is 10.2. The molecule has 0 saturated heterocycles. The molecule has 8 heteroatoms. The van der Waals surface area contributed by atoms with Crippen LogP contribution in [0.1, 0.15) is 0 Å². The number of carboxylic acids is 3. The first-order valence-electron chi connectivity index (χ1n) is 4.79. The number of carboxylic acid groups (broad SMARTS) is 3. The van der Waals surface area contributed by atoms with E-state index < -0.39 is 30.5 Å². The van der Waals surface area contributed by atoms with E-state index in [1.807, 2.05) is 0 Å². The van der Waals surface area contributed by atoms with Crippen molar-refractivity contribution >= 4 is 17.9 Å². The summed E-state index contributed by atoms with van der Waals surface area (Å²) in [6.07, 6.45) is 0. The minimum absolute atomic E-state index is 0.0641. The highest BCUT2D eigenvalue weighted by molar-refractivity contribution is 5.76. The second-order valence-corrected chi connectivity index (χ2v) is 3.75. The molecule has 0 aliphatic carbocycles. The third-order valence-electron chi connectivity index (χ3n) is 2.09. The number of carbonyl (C=O) groups is 3. The Kier molecular flexibility index (Phi) is 6.15. The summed E-state index contributed by atoms with van der Waals surface area (Å²) < 4.78 is 0. The van der Waals surface area contributed by atoms with Gasteiger partial charge in [-0.3, -0.25) is 24.2 Å². The Bertz CT molecular complexity index is 306. The van der Waals surface area contributed by atoms with Gasteiger partial charge < -0.3 is 15.3 Å². The van der Waals surface area contributed by atoms with E-state index in [1.165, 1.54) is 19.0 Å². The zero-order chi connectivity index (χ0) is 13.6. The fraction of sp³-hybridized carbons (Fsp3) is 0.667. The molecule has 0 radical (unpaired) electrons. The van der Waals surface area contributed by atoms with Crippen molar-refractivity contribution < 1.29 is 29.7 Å². The molecule has 0 rings (SSSR count). The summed E-state index contributed by atoms with van der Waals surface area (Å²) in [5.41, 5.74) is 0. The fourth-order valence-electron chi connectivity index (χ4n) is 1.32. The molecule has 0 aliphatic heterocycles. The predicted octanol–water partition coefficient (Wildman–Crippen LogP) is -1.53. The van der Waals surface area contributed by atoms with Gasteiger partial charge in [-0.1, -0.05) is 0 Å². The van der Waals surface area contributed by atoms with Gasteiger partial charge in [-0.2, -0.15) is 0 Å². The largest absolute Gasteiger partial charge is 0.480 e. The maximum Gasteiger partial charge on any atom is 0.322 e. The van der Waals surface area contributed by atoms with Crippen LogP contribution < -0.4 is 0 Å². The van der Waals surface area contributed by atoms with Crippen LogP contribution >= 0.6 is 0 Å². The Morgan fingerprint density at radius 1 is 1.00 bits per heavy atom. The van der Waals surface area contributed by atoms with Gasteiger partial charge in [0.1, 0.15) is 6.04 Å². The van der Waals surface area contributed by atoms with Gasteiger partial charge in [0, 0.05) is 6.54 Å². The standard InChI is InChI=1S/C9H16N2O6/c1-10(4-7(12)13)3-6(9(16)17)11(2)5-8(14)15/h6H,3-5H2,1-2H3,(H,12,13)(H,14,15)(H,16,17)/t6-/m0/s1. The molecular weight excluding hydrogens is 232 g/mol. The van der Waals surface area contributed by atoms with E-state index in [9.17, 15) is 14.4 Å². The maximum absolute atomic E-state index is 10.9. The first kappa shape index (κ1) is 15.3. The molecule has 0 unspecified atom stereocenters. The van der Waals surface area contributed by atoms with E-state index in [0.29, 0.717) is 0 Å². The zero-order valence-electron chi connectivity index (χ0n) is 9.66. The van der Waals surface area contributed by atoms with E-state index in [1.54, 1.807) is 0 Å². The van der Waals surface area contributed by atoms with Crippen molar-refractivity contribution in [2.45, 2.75) is 6.04 Å². The summed E-state index contributed by atoms with van der Waals surface area (Å²) >= 11 is 0. The van der Waals surface area contributed by atoms with E-state index in [-0.39, 0.29) is 13.1 Å². The third-order valence-corrected chi connectivity index (χ3v) is 2.09. The van der Waals surface area contributed by atoms with Crippen molar-refractivity contribution in [3.05, 3.63) is 0 Å². The number of likely N-dealkylation sites (N-methyl/N-ethyl adjacent to an activating group) is 2. The Labute approximate surface area is 98.0 Å². The molecule has 3 N–H and O–H groups in total. The molecule has 17 heavy (non-hydrogen) atoms. The summed E-state index contributed by atoms with van der Waals surface area (Å²) in [7, 11) is 2.82. The zero-order valence-corrected chi connectivity index (χ0v) is 9.66. The average Bonchev–Trinajstić information content (AvgIpc) is 2.10. The predicted molar refractivity (Wildman–Crippen MR) is 56.8 cm³/mol. The number of rotatable bonds is 8. The molecule has 0 saturated carbocycles. The summed E-state index contributed by atoms with van der Waals surface area (Å²) in [6.45, 7) is -0.784. The van der Waals surface area contributed by atoms with E-state index in [2.05, 4.69) is 0 Å². The summed E-state index contributed by atoms with van der Waals surface area (Å²) in [5.74, 6) is -3.40. The van der Waals surface area contributed by atoms with Gasteiger partial charge in [-0.05, 0) is 14.1 Å². The molecule has 0 heterocycles. The van der Waals surface area contributed by atoms with Crippen molar-refractivity contribution in [2.24, 2.45) is 0 Å². The van der Waals surface area contributed by atoms with Crippen molar-refractivity contribution in [3.63, 3.8) is 0 Å². The first-order valence-corrected chi connectivity index (χ1v) is 4.79. The van der Waals surface area contributed by atoms with Crippen molar-refractivity contribution in [1.29, 1.82) is 0 Å². The molecule has 0 aromatic carbocycles. The minimum atomic E-state index is -1.19. The third kappa shape index (κ3) is 6.48. The molecule has 0 aliphatic rings. The molecule has 8 nitrogen and oxygen atoms in total. The van der Waals surface area contributed by atoms with Crippen LogP contribution in [0.15, 0.2) is 0 Å². The fourth-order valence-corrected chi connectivity index (χ4v) is 1.32. The molecule has 0 spiro atoms. The normalized spacial score (nSPS) is 12.7. The Balaban J connectivity index is 4.47. The van der Waals surface area contributed by atoms with Gasteiger partial charge in [0.25, 0.3) is 0 Å². The first-order chi connectivity index (χ1) is 7.73. The molecule has 0 aromatic rings. The molecular formula is C9H16N2O6. The molecule has 0 aromatic heterocycles. The van der Waals surface area contributed by atoms with E-state index in [0.717, 1.165) is 4.90 Å². The minimum Gasteiger partial charge on any atom is -0.480 e. The summed E-state index contributed by atoms with van der Waals surface area (Å²) in [5, 5.41) is 26.0. The highest BCUT2D eigenvalue weighted by Gasteiger charge is 2.26. The highest BCUT2D eigenvalue weighted by atomic mass is 16.4. The van der Waals surface area contributed by atoms with Crippen molar-refractivity contribution in [1.82, 2.24) is 9.80 Å². The van der Waals surface area contributed by atoms with Crippen LogP contribution in [0.5, 0.6) is 0 Å². The van der Waals surface area contributed by atoms with E-state index in [4.69, 9.17) is 15.3 Å². The smallest absolute Gasteiger partial charge is 0.322 e. The lowest BCUT2D eigenvalue weighted by Gasteiger charge is -2.26. The van der Waals surface area contributed by atoms with Crippen LogP contribution in [0.4, 0.5) is 0 Å². The Morgan fingerprint density at radius 2 is 1.47 bits per heavy atom. The van der Waals surface area contributed by atoms with Crippen LogP contribution in [-0.2, 0) is 14.4 Å². The number of hydrogen-bond acceptors (Lipinski definition) is 5. The lowest BCUT2D eigenvalue weighted by molar-refractivity contribution is -0.147. The summed E-state index contributed by atoms with van der Waals surface area (Å²) in [6, 6.07) is -1.06. The van der Waals surface area contributed by atoms with Crippen molar-refractivity contribution in [3.8, 4) is 0 Å². The van der Waals surface area contributed by atoms with Crippen molar-refractivity contribution in [2.75, 3.05) is 33.7 Å². The Morgan fingerprint density at radius 3 is 1.82 bits per heavy atom. The van der Waals surface area contributed by atoms with Gasteiger partial charge in [-0.15, -0.1) is 0 Å². The molecule has 1 atom stereocenters. The van der Waals surface area contributed by atoms with Crippen LogP contribution in [-0.4, -0.2) is 82.8 Å². The monoisotopic (exact) mass is 248 g/mol. The highest BCUT2D eigenvalue weighted by Crippen LogP contribution is 1.99. The van der Waals surface area contributed by atoms with Crippen LogP contribution in [0.25, 0.3) is 0 Å². The molecule has 0 fully saturated rings. The van der Waals surface area contributed by atoms with Crippen LogP contribution in [0.2, 0.25) is 0 Å². The van der Waals surface area contributed by atoms with E-state index >= 15 is 0 Å². The quantitative estimate of drug-likeness (QED) is 0.473. The summed E-state index contributed by atoms with van der Waals surface area (Å²) in [4.78, 5) is 34.3. The van der Waals surface area contributed by atoms with Gasteiger partial charge >= 0.3 is 17.9 Å². The lowest BCUT2D eigenvalue weighted by Crippen LogP contribution is -2.48. The topological polar surface area (TPSA) is 118 Å². The number of aliphatic carboxylic acids is 3. The maximum atomic E-state index is 10.9. The SMILES string of the molecule is CN(CC(=O)O)C[C@@H](C(=O)O)N(C)CC(=O)O. The molecule has 98 valence electrons. The van der Waals surface area contributed by atoms with Crippen LogP contribution in [0.3, 0.4) is 0 Å². The molecule has 0 bridgehead atoms. The second-order valence-electron chi connectivity index (χ2n) is 3.75. The number of nitrogens with zero attached hydrogens (tertiary/aromatic N) is 2. The average molecular weight is 248 g/mol. The van der Waals surface area contributed by atoms with Gasteiger partial charge in [0.2, 0.25) is 0 Å². The Hall–Kier alpha value is -1.67. The van der Waals surface area contributed by atoms with Gasteiger partial charge in [-0.25, -0.2) is 0 Å².